The minimum Gasteiger partial charge on any atom is -0.476 e. The summed E-state index contributed by atoms with van der Waals surface area (Å²) < 4.78 is 5.34. The van der Waals surface area contributed by atoms with Crippen molar-refractivity contribution in [2.24, 2.45) is 0 Å². The van der Waals surface area contributed by atoms with Crippen LogP contribution >= 0.6 is 0 Å². The molecule has 0 bridgehead atoms. The summed E-state index contributed by atoms with van der Waals surface area (Å²) in [5, 5.41) is 24.5. The molecule has 1 aromatic carbocycles. The molecule has 1 aliphatic heterocycles. The van der Waals surface area contributed by atoms with Crippen LogP contribution in [0.15, 0.2) is 34.9 Å². The highest BCUT2D eigenvalue weighted by Gasteiger charge is 2.48. The number of aliphatic hydroxyl groups is 1. The number of aryl methyl sites for hydroxylation is 1. The van der Waals surface area contributed by atoms with Crippen LogP contribution in [-0.4, -0.2) is 55.7 Å². The number of aromatic nitrogens is 3. The number of likely N-dealkylation sites (tertiary alicyclic amines) is 1. The Balaban J connectivity index is 1.52. The Kier molecular flexibility index (Phi) is 4.78. The van der Waals surface area contributed by atoms with Crippen LogP contribution in [0.1, 0.15) is 46.8 Å². The quantitative estimate of drug-likeness (QED) is 0.640. The number of carboxylic acid groups (broad SMARTS) is 1. The summed E-state index contributed by atoms with van der Waals surface area (Å²) in [7, 11) is 1.63. The largest absolute Gasteiger partial charge is 0.476 e. The van der Waals surface area contributed by atoms with Gasteiger partial charge in [0.15, 0.2) is 17.3 Å². The molecule has 0 saturated carbocycles. The molecule has 2 aromatic heterocycles. The molecule has 1 saturated heterocycles. The van der Waals surface area contributed by atoms with Gasteiger partial charge in [0.05, 0.1) is 0 Å². The highest BCUT2D eigenvalue weighted by atomic mass is 16.5. The predicted octanol–water partition coefficient (Wildman–Crippen LogP) is 2.43. The molecule has 1 fully saturated rings. The van der Waals surface area contributed by atoms with Crippen LogP contribution in [0.25, 0.3) is 22.6 Å². The van der Waals surface area contributed by atoms with Gasteiger partial charge in [-0.3, -0.25) is 4.79 Å². The van der Waals surface area contributed by atoms with Crippen LogP contribution in [0.5, 0.6) is 0 Å². The fraction of sp³-hybridized carbons (Fsp3) is 0.348. The summed E-state index contributed by atoms with van der Waals surface area (Å²) >= 11 is 0. The van der Waals surface area contributed by atoms with Crippen molar-refractivity contribution in [3.8, 4) is 22.6 Å². The van der Waals surface area contributed by atoms with Gasteiger partial charge in [-0.25, -0.2) is 14.8 Å². The van der Waals surface area contributed by atoms with Gasteiger partial charge in [-0.15, -0.1) is 0 Å². The second-order valence-corrected chi connectivity index (χ2v) is 8.33. The van der Waals surface area contributed by atoms with Gasteiger partial charge < -0.3 is 19.6 Å². The molecule has 164 valence electrons. The van der Waals surface area contributed by atoms with Crippen LogP contribution in [-0.2, 0) is 23.2 Å². The summed E-state index contributed by atoms with van der Waals surface area (Å²) in [5.41, 5.74) is 1.65. The monoisotopic (exact) mass is 434 g/mol. The van der Waals surface area contributed by atoms with E-state index in [9.17, 15) is 19.8 Å². The maximum Gasteiger partial charge on any atom is 0.354 e. The Morgan fingerprint density at radius 3 is 2.69 bits per heavy atom. The molecule has 32 heavy (non-hydrogen) atoms. The molecular weight excluding hydrogens is 412 g/mol. The standard InChI is InChI=1S/C23H22N4O5/c1-27-10-9-23(31,22(27)30)18-12-17(26-32-18)13-5-4-6-14(11-13)20-24-16-8-3-2-7-15(16)19(25-20)21(28)29/h4-6,11-12,31H,2-3,7-10H2,1H3,(H,28,29)/t23-/m1/s1. The molecule has 9 nitrogen and oxygen atoms in total. The Labute approximate surface area is 183 Å². The maximum absolute atomic E-state index is 12.3. The molecule has 0 radical (unpaired) electrons. The van der Waals surface area contributed by atoms with Crippen molar-refractivity contribution in [1.29, 1.82) is 0 Å². The SMILES string of the molecule is CN1CC[C@@](O)(c2cc(-c3cccc(-c4nc5c(c(C(=O)O)n4)CCCC5)c3)no2)C1=O. The van der Waals surface area contributed by atoms with E-state index in [4.69, 9.17) is 4.52 Å². The van der Waals surface area contributed by atoms with E-state index in [0.29, 0.717) is 35.6 Å². The fourth-order valence-corrected chi connectivity index (χ4v) is 4.41. The molecule has 1 amide bonds. The highest BCUT2D eigenvalue weighted by molar-refractivity contribution is 5.89. The molecule has 0 spiro atoms. The summed E-state index contributed by atoms with van der Waals surface area (Å²) in [6.45, 7) is 0.433. The van der Waals surface area contributed by atoms with Crippen LogP contribution in [0, 0.1) is 0 Å². The molecule has 3 aromatic rings. The second kappa shape index (κ2) is 7.52. The number of likely N-dealkylation sites (N-methyl/N-ethyl adjacent to an activating group) is 1. The lowest BCUT2D eigenvalue weighted by molar-refractivity contribution is -0.144. The number of hydrogen-bond donors (Lipinski definition) is 2. The number of amides is 1. The summed E-state index contributed by atoms with van der Waals surface area (Å²) in [6.07, 6.45) is 3.55. The minimum absolute atomic E-state index is 0.0601. The van der Waals surface area contributed by atoms with Crippen LogP contribution in [0.3, 0.4) is 0 Å². The predicted molar refractivity (Wildman–Crippen MR) is 113 cm³/mol. The van der Waals surface area contributed by atoms with E-state index in [1.807, 2.05) is 12.1 Å². The van der Waals surface area contributed by atoms with Gasteiger partial charge in [0, 0.05) is 48.5 Å². The first-order valence-corrected chi connectivity index (χ1v) is 10.6. The summed E-state index contributed by atoms with van der Waals surface area (Å²) in [4.78, 5) is 34.6. The van der Waals surface area contributed by atoms with E-state index in [1.54, 1.807) is 25.2 Å². The zero-order chi connectivity index (χ0) is 22.5. The van der Waals surface area contributed by atoms with Crippen molar-refractivity contribution < 1.29 is 24.3 Å². The van der Waals surface area contributed by atoms with Crippen molar-refractivity contribution in [2.75, 3.05) is 13.6 Å². The lowest BCUT2D eigenvalue weighted by Crippen LogP contribution is -2.35. The summed E-state index contributed by atoms with van der Waals surface area (Å²) in [5.74, 6) is -1.02. The lowest BCUT2D eigenvalue weighted by Gasteiger charge is -2.17. The molecule has 1 atom stereocenters. The van der Waals surface area contributed by atoms with Gasteiger partial charge in [-0.2, -0.15) is 0 Å². The number of aromatic carboxylic acids is 1. The Morgan fingerprint density at radius 1 is 1.16 bits per heavy atom. The van der Waals surface area contributed by atoms with Crippen LogP contribution in [0.2, 0.25) is 0 Å². The second-order valence-electron chi connectivity index (χ2n) is 8.33. The normalized spacial score (nSPS) is 20.4. The Bertz CT molecular complexity index is 1240. The molecule has 2 N–H and O–H groups in total. The molecule has 9 heteroatoms. The van der Waals surface area contributed by atoms with E-state index in [0.717, 1.165) is 30.5 Å². The van der Waals surface area contributed by atoms with Crippen molar-refractivity contribution in [3.05, 3.63) is 53.0 Å². The molecule has 5 rings (SSSR count). The minimum atomic E-state index is -1.71. The average Bonchev–Trinajstić information content (AvgIpc) is 3.41. The third kappa shape index (κ3) is 3.25. The first-order chi connectivity index (χ1) is 15.4. The van der Waals surface area contributed by atoms with E-state index < -0.39 is 17.5 Å². The number of carbonyl (C=O) groups is 2. The number of rotatable bonds is 4. The molecule has 2 aliphatic rings. The number of nitrogens with zero attached hydrogens (tertiary/aromatic N) is 4. The molecule has 3 heterocycles. The average molecular weight is 434 g/mol. The van der Waals surface area contributed by atoms with E-state index in [1.165, 1.54) is 4.90 Å². The maximum atomic E-state index is 12.3. The number of carboxylic acids is 1. The van der Waals surface area contributed by atoms with Crippen molar-refractivity contribution in [3.63, 3.8) is 0 Å². The fourth-order valence-electron chi connectivity index (χ4n) is 4.41. The van der Waals surface area contributed by atoms with Crippen LogP contribution < -0.4 is 0 Å². The van der Waals surface area contributed by atoms with Gasteiger partial charge in [-0.05, 0) is 31.7 Å². The van der Waals surface area contributed by atoms with Gasteiger partial charge in [0.25, 0.3) is 5.91 Å². The Hall–Kier alpha value is -3.59. The molecule has 1 aliphatic carbocycles. The van der Waals surface area contributed by atoms with Gasteiger partial charge >= 0.3 is 5.97 Å². The third-order valence-electron chi connectivity index (χ3n) is 6.23. The van der Waals surface area contributed by atoms with E-state index >= 15 is 0 Å². The lowest BCUT2D eigenvalue weighted by atomic mass is 9.94. The van der Waals surface area contributed by atoms with Crippen molar-refractivity contribution in [2.45, 2.75) is 37.7 Å². The number of hydrogen-bond acceptors (Lipinski definition) is 7. The number of benzene rings is 1. The van der Waals surface area contributed by atoms with Gasteiger partial charge in [0.1, 0.15) is 5.69 Å². The van der Waals surface area contributed by atoms with Gasteiger partial charge in [0.2, 0.25) is 5.60 Å². The topological polar surface area (TPSA) is 130 Å². The highest BCUT2D eigenvalue weighted by Crippen LogP contribution is 2.35. The molecule has 0 unspecified atom stereocenters. The summed E-state index contributed by atoms with van der Waals surface area (Å²) in [6, 6.07) is 8.78. The van der Waals surface area contributed by atoms with Crippen LogP contribution in [0.4, 0.5) is 0 Å². The Morgan fingerprint density at radius 2 is 1.94 bits per heavy atom. The first kappa shape index (κ1) is 20.3. The number of fused-ring (bicyclic) bond motifs is 1. The zero-order valence-electron chi connectivity index (χ0n) is 17.5. The first-order valence-electron chi connectivity index (χ1n) is 10.6. The number of carbonyl (C=O) groups excluding carboxylic acids is 1. The molecular formula is C23H22N4O5. The smallest absolute Gasteiger partial charge is 0.354 e. The van der Waals surface area contributed by atoms with E-state index in [2.05, 4.69) is 15.1 Å². The van der Waals surface area contributed by atoms with Crippen molar-refractivity contribution in [1.82, 2.24) is 20.0 Å². The van der Waals surface area contributed by atoms with Gasteiger partial charge in [-0.1, -0.05) is 23.4 Å². The van der Waals surface area contributed by atoms with E-state index in [-0.39, 0.29) is 17.9 Å². The van der Waals surface area contributed by atoms with Crippen molar-refractivity contribution >= 4 is 11.9 Å². The zero-order valence-corrected chi connectivity index (χ0v) is 17.5. The third-order valence-corrected chi connectivity index (χ3v) is 6.23.